The van der Waals surface area contributed by atoms with Gasteiger partial charge in [-0.25, -0.2) is 4.98 Å². The van der Waals surface area contributed by atoms with Crippen LogP contribution in [0.2, 0.25) is 0 Å². The molecule has 3 aromatic heterocycles. The molecule has 3 heterocycles. The molecule has 0 radical (unpaired) electrons. The molecule has 0 spiro atoms. The highest BCUT2D eigenvalue weighted by Crippen LogP contribution is 2.41. The van der Waals surface area contributed by atoms with Gasteiger partial charge in [-0.3, -0.25) is 4.57 Å². The standard InChI is InChI=1S/C38H26N4/c1-24-11-17-31-29-7-3-5-9-33(29)41(35(31)21-24)37-28(27-15-13-26(23-39)14-16-27)19-20-40-38(37)42-34-10-6-4-8-30(34)32-18-12-25(2)22-36(32)42/h3-22H,1-2H3. The summed E-state index contributed by atoms with van der Waals surface area (Å²) in [5.41, 5.74) is 10.6. The van der Waals surface area contributed by atoms with Crippen LogP contribution in [0.4, 0.5) is 0 Å². The Labute approximate surface area is 243 Å². The summed E-state index contributed by atoms with van der Waals surface area (Å²) in [4.78, 5) is 5.15. The first-order valence-electron chi connectivity index (χ1n) is 14.1. The Morgan fingerprint density at radius 3 is 1.74 bits per heavy atom. The van der Waals surface area contributed by atoms with Gasteiger partial charge < -0.3 is 4.57 Å². The van der Waals surface area contributed by atoms with Gasteiger partial charge in [0, 0.05) is 33.3 Å². The van der Waals surface area contributed by atoms with Crippen molar-refractivity contribution in [2.45, 2.75) is 13.8 Å². The number of aromatic nitrogens is 3. The first kappa shape index (κ1) is 24.2. The van der Waals surface area contributed by atoms with Gasteiger partial charge in [0.1, 0.15) is 0 Å². The summed E-state index contributed by atoms with van der Waals surface area (Å²) in [6.07, 6.45) is 1.90. The highest BCUT2D eigenvalue weighted by Gasteiger charge is 2.23. The van der Waals surface area contributed by atoms with Crippen LogP contribution in [0.25, 0.3) is 66.2 Å². The van der Waals surface area contributed by atoms with Gasteiger partial charge >= 0.3 is 0 Å². The van der Waals surface area contributed by atoms with Gasteiger partial charge in [0.25, 0.3) is 0 Å². The van der Waals surface area contributed by atoms with E-state index in [4.69, 9.17) is 4.98 Å². The molecule has 0 unspecified atom stereocenters. The van der Waals surface area contributed by atoms with Crippen LogP contribution >= 0.6 is 0 Å². The summed E-state index contributed by atoms with van der Waals surface area (Å²) in [6.45, 7) is 4.28. The lowest BCUT2D eigenvalue weighted by Gasteiger charge is -2.20. The van der Waals surface area contributed by atoms with Gasteiger partial charge in [-0.15, -0.1) is 0 Å². The number of aryl methyl sites for hydroxylation is 2. The summed E-state index contributed by atoms with van der Waals surface area (Å²) in [5.74, 6) is 0.859. The third-order valence-corrected chi connectivity index (χ3v) is 8.32. The molecule has 0 bridgehead atoms. The maximum Gasteiger partial charge on any atom is 0.162 e. The number of pyridine rings is 1. The Morgan fingerprint density at radius 1 is 0.571 bits per heavy atom. The zero-order valence-electron chi connectivity index (χ0n) is 23.3. The van der Waals surface area contributed by atoms with Crippen molar-refractivity contribution in [3.63, 3.8) is 0 Å². The lowest BCUT2D eigenvalue weighted by Crippen LogP contribution is -2.08. The Morgan fingerprint density at radius 2 is 1.12 bits per heavy atom. The molecule has 0 atom stereocenters. The fourth-order valence-electron chi connectivity index (χ4n) is 6.41. The van der Waals surface area contributed by atoms with Crippen molar-refractivity contribution in [3.8, 4) is 28.7 Å². The fourth-order valence-corrected chi connectivity index (χ4v) is 6.41. The van der Waals surface area contributed by atoms with Gasteiger partial charge in [0.05, 0.1) is 39.4 Å². The number of benzene rings is 5. The quantitative estimate of drug-likeness (QED) is 0.225. The Bertz CT molecular complexity index is 2380. The predicted molar refractivity (Wildman–Crippen MR) is 173 cm³/mol. The Balaban J connectivity index is 1.59. The van der Waals surface area contributed by atoms with Crippen molar-refractivity contribution in [2.24, 2.45) is 0 Å². The molecular formula is C38H26N4. The minimum absolute atomic E-state index is 0.639. The van der Waals surface area contributed by atoms with E-state index in [1.165, 1.54) is 32.7 Å². The van der Waals surface area contributed by atoms with Crippen molar-refractivity contribution < 1.29 is 0 Å². The topological polar surface area (TPSA) is 46.5 Å². The summed E-state index contributed by atoms with van der Waals surface area (Å²) >= 11 is 0. The highest BCUT2D eigenvalue weighted by atomic mass is 15.1. The van der Waals surface area contributed by atoms with Crippen LogP contribution in [0.1, 0.15) is 16.7 Å². The maximum atomic E-state index is 9.49. The third kappa shape index (κ3) is 3.51. The largest absolute Gasteiger partial charge is 0.305 e. The summed E-state index contributed by atoms with van der Waals surface area (Å²) < 4.78 is 4.69. The summed E-state index contributed by atoms with van der Waals surface area (Å²) in [5, 5.41) is 14.3. The number of rotatable bonds is 3. The van der Waals surface area contributed by atoms with E-state index < -0.39 is 0 Å². The molecule has 198 valence electrons. The molecule has 5 aromatic carbocycles. The van der Waals surface area contributed by atoms with E-state index in [-0.39, 0.29) is 0 Å². The molecule has 4 heteroatoms. The van der Waals surface area contributed by atoms with Gasteiger partial charge in [-0.05, 0) is 73.0 Å². The van der Waals surface area contributed by atoms with Gasteiger partial charge in [-0.2, -0.15) is 5.26 Å². The number of nitriles is 1. The number of para-hydroxylation sites is 2. The second kappa shape index (κ2) is 9.19. The fraction of sp³-hybridized carbons (Fsp3) is 0.0526. The minimum atomic E-state index is 0.639. The van der Waals surface area contributed by atoms with Crippen molar-refractivity contribution >= 4 is 43.6 Å². The van der Waals surface area contributed by atoms with Crippen molar-refractivity contribution in [2.75, 3.05) is 0 Å². The van der Waals surface area contributed by atoms with Crippen molar-refractivity contribution in [3.05, 3.63) is 138 Å². The number of fused-ring (bicyclic) bond motifs is 6. The number of hydrogen-bond donors (Lipinski definition) is 0. The van der Waals surface area contributed by atoms with E-state index >= 15 is 0 Å². The van der Waals surface area contributed by atoms with Crippen LogP contribution in [0.5, 0.6) is 0 Å². The average Bonchev–Trinajstić information content (AvgIpc) is 3.52. The highest BCUT2D eigenvalue weighted by molar-refractivity contribution is 6.12. The van der Waals surface area contributed by atoms with Crippen LogP contribution in [0, 0.1) is 25.2 Å². The van der Waals surface area contributed by atoms with Gasteiger partial charge in [0.15, 0.2) is 5.82 Å². The molecule has 4 nitrogen and oxygen atoms in total. The molecule has 0 fully saturated rings. The number of hydrogen-bond acceptors (Lipinski definition) is 2. The summed E-state index contributed by atoms with van der Waals surface area (Å²) in [7, 11) is 0. The van der Waals surface area contributed by atoms with Crippen LogP contribution in [-0.4, -0.2) is 14.1 Å². The molecule has 42 heavy (non-hydrogen) atoms. The molecule has 8 rings (SSSR count). The Kier molecular flexibility index (Phi) is 5.29. The van der Waals surface area contributed by atoms with E-state index in [0.29, 0.717) is 5.56 Å². The Hall–Kier alpha value is -5.66. The molecule has 0 N–H and O–H groups in total. The minimum Gasteiger partial charge on any atom is -0.305 e. The summed E-state index contributed by atoms with van der Waals surface area (Å²) in [6, 6.07) is 42.7. The molecule has 0 aliphatic heterocycles. The van der Waals surface area contributed by atoms with Crippen molar-refractivity contribution in [1.82, 2.24) is 14.1 Å². The second-order valence-electron chi connectivity index (χ2n) is 11.0. The first-order valence-corrected chi connectivity index (χ1v) is 14.1. The van der Waals surface area contributed by atoms with Crippen LogP contribution in [0.15, 0.2) is 121 Å². The monoisotopic (exact) mass is 538 g/mol. The predicted octanol–water partition coefficient (Wildman–Crippen LogP) is 9.43. The van der Waals surface area contributed by atoms with E-state index in [2.05, 4.69) is 120 Å². The average molecular weight is 539 g/mol. The van der Waals surface area contributed by atoms with Crippen LogP contribution in [-0.2, 0) is 0 Å². The first-order chi connectivity index (χ1) is 20.6. The molecule has 8 aromatic rings. The van der Waals surface area contributed by atoms with Crippen LogP contribution in [0.3, 0.4) is 0 Å². The molecule has 0 saturated carbocycles. The lowest BCUT2D eigenvalue weighted by molar-refractivity contribution is 1.03. The zero-order chi connectivity index (χ0) is 28.4. The second-order valence-corrected chi connectivity index (χ2v) is 11.0. The van der Waals surface area contributed by atoms with E-state index in [1.807, 2.05) is 30.5 Å². The van der Waals surface area contributed by atoms with Crippen LogP contribution < -0.4 is 0 Å². The smallest absolute Gasteiger partial charge is 0.162 e. The molecular weight excluding hydrogens is 512 g/mol. The zero-order valence-corrected chi connectivity index (χ0v) is 23.3. The van der Waals surface area contributed by atoms with Gasteiger partial charge in [0.2, 0.25) is 0 Å². The maximum absolute atomic E-state index is 9.49. The normalized spacial score (nSPS) is 11.5. The third-order valence-electron chi connectivity index (χ3n) is 8.32. The molecule has 0 amide bonds. The van der Waals surface area contributed by atoms with Crippen molar-refractivity contribution in [1.29, 1.82) is 5.26 Å². The SMILES string of the molecule is Cc1ccc2c3ccccc3n(-c3nccc(-c4ccc(C#N)cc4)c3-n3c4ccccc4c4ccc(C)cc43)c2c1. The molecule has 0 saturated heterocycles. The molecule has 0 aliphatic carbocycles. The number of nitrogens with zero attached hydrogens (tertiary/aromatic N) is 4. The molecule has 0 aliphatic rings. The van der Waals surface area contributed by atoms with Gasteiger partial charge in [-0.1, -0.05) is 72.8 Å². The van der Waals surface area contributed by atoms with E-state index in [1.54, 1.807) is 0 Å². The van der Waals surface area contributed by atoms with E-state index in [0.717, 1.165) is 44.7 Å². The van der Waals surface area contributed by atoms with E-state index in [9.17, 15) is 5.26 Å². The lowest BCUT2D eigenvalue weighted by atomic mass is 10.0.